The van der Waals surface area contributed by atoms with Gasteiger partial charge >= 0.3 is 0 Å². The number of nitrogens with one attached hydrogen (secondary N) is 1. The summed E-state index contributed by atoms with van der Waals surface area (Å²) in [6.07, 6.45) is 3.81. The normalized spacial score (nSPS) is 10.8. The standard InChI is InChI=1S/C25H26N4O3/c1-17-9-7-11-20(15-17)29-25(28-13-5-6-14-28)22(18(2)27-29)24(30)26-16-19-10-8-12-21(31-3)23(19)32-4/h5-15H,16H2,1-4H3,(H,26,30). The highest BCUT2D eigenvalue weighted by Gasteiger charge is 2.24. The van der Waals surface area contributed by atoms with Crippen molar-refractivity contribution in [2.24, 2.45) is 0 Å². The Labute approximate surface area is 187 Å². The van der Waals surface area contributed by atoms with E-state index < -0.39 is 0 Å². The molecule has 1 amide bonds. The van der Waals surface area contributed by atoms with Crippen molar-refractivity contribution in [1.29, 1.82) is 0 Å². The second-order valence-electron chi connectivity index (χ2n) is 7.46. The summed E-state index contributed by atoms with van der Waals surface area (Å²) >= 11 is 0. The molecule has 0 bridgehead atoms. The Bertz CT molecular complexity index is 1240. The van der Waals surface area contributed by atoms with Gasteiger partial charge in [-0.1, -0.05) is 24.3 Å². The van der Waals surface area contributed by atoms with Crippen molar-refractivity contribution in [2.45, 2.75) is 20.4 Å². The molecule has 7 heteroatoms. The molecule has 0 aliphatic heterocycles. The Hall–Kier alpha value is -4.00. The van der Waals surface area contributed by atoms with Crippen LogP contribution in [0.25, 0.3) is 11.5 Å². The number of methoxy groups -OCH3 is 2. The second-order valence-corrected chi connectivity index (χ2v) is 7.46. The lowest BCUT2D eigenvalue weighted by Crippen LogP contribution is -2.25. The number of para-hydroxylation sites is 1. The molecule has 0 aliphatic carbocycles. The summed E-state index contributed by atoms with van der Waals surface area (Å²) in [6.45, 7) is 4.17. The molecule has 0 spiro atoms. The molecule has 0 fully saturated rings. The highest BCUT2D eigenvalue weighted by molar-refractivity contribution is 5.98. The van der Waals surface area contributed by atoms with Gasteiger partial charge in [0.25, 0.3) is 5.91 Å². The number of carbonyl (C=O) groups excluding carboxylic acids is 1. The van der Waals surface area contributed by atoms with Gasteiger partial charge in [-0.15, -0.1) is 0 Å². The zero-order valence-electron chi connectivity index (χ0n) is 18.6. The van der Waals surface area contributed by atoms with Gasteiger partial charge in [0.05, 0.1) is 25.6 Å². The topological polar surface area (TPSA) is 70.3 Å². The molecule has 0 saturated carbocycles. The van der Waals surface area contributed by atoms with Gasteiger partial charge in [0, 0.05) is 24.5 Å². The van der Waals surface area contributed by atoms with Crippen LogP contribution in [0.1, 0.15) is 27.2 Å². The van der Waals surface area contributed by atoms with Crippen molar-refractivity contribution in [3.05, 3.63) is 89.4 Å². The van der Waals surface area contributed by atoms with Gasteiger partial charge in [0.1, 0.15) is 5.56 Å². The van der Waals surface area contributed by atoms with Crippen molar-refractivity contribution < 1.29 is 14.3 Å². The molecule has 164 valence electrons. The number of aryl methyl sites for hydroxylation is 2. The summed E-state index contributed by atoms with van der Waals surface area (Å²) < 4.78 is 14.6. The van der Waals surface area contributed by atoms with Crippen molar-refractivity contribution >= 4 is 5.91 Å². The van der Waals surface area contributed by atoms with Crippen LogP contribution in [0.15, 0.2) is 67.0 Å². The van der Waals surface area contributed by atoms with E-state index >= 15 is 0 Å². The fraction of sp³-hybridized carbons (Fsp3) is 0.200. The molecule has 4 rings (SSSR count). The van der Waals surface area contributed by atoms with Crippen molar-refractivity contribution in [3.8, 4) is 23.0 Å². The maximum absolute atomic E-state index is 13.4. The van der Waals surface area contributed by atoms with Crippen LogP contribution >= 0.6 is 0 Å². The lowest BCUT2D eigenvalue weighted by molar-refractivity contribution is 0.0950. The third kappa shape index (κ3) is 3.97. The van der Waals surface area contributed by atoms with Crippen LogP contribution in [0.4, 0.5) is 0 Å². The van der Waals surface area contributed by atoms with E-state index in [0.717, 1.165) is 16.8 Å². The van der Waals surface area contributed by atoms with Gasteiger partial charge in [-0.25, -0.2) is 4.68 Å². The number of rotatable bonds is 7. The molecule has 0 saturated heterocycles. The summed E-state index contributed by atoms with van der Waals surface area (Å²) in [7, 11) is 3.18. The van der Waals surface area contributed by atoms with E-state index in [4.69, 9.17) is 14.6 Å². The highest BCUT2D eigenvalue weighted by atomic mass is 16.5. The summed E-state index contributed by atoms with van der Waals surface area (Å²) in [5.74, 6) is 1.70. The summed E-state index contributed by atoms with van der Waals surface area (Å²) in [6, 6.07) is 17.5. The molecule has 32 heavy (non-hydrogen) atoms. The second kappa shape index (κ2) is 9.01. The Kier molecular flexibility index (Phi) is 5.98. The molecule has 0 radical (unpaired) electrons. The number of ether oxygens (including phenoxy) is 2. The van der Waals surface area contributed by atoms with Gasteiger partial charge < -0.3 is 19.4 Å². The quantitative estimate of drug-likeness (QED) is 0.476. The molecular weight excluding hydrogens is 404 g/mol. The van der Waals surface area contributed by atoms with Gasteiger partial charge in [0.15, 0.2) is 17.3 Å². The third-order valence-electron chi connectivity index (χ3n) is 5.28. The van der Waals surface area contributed by atoms with Crippen molar-refractivity contribution in [1.82, 2.24) is 19.7 Å². The molecule has 0 atom stereocenters. The van der Waals surface area contributed by atoms with E-state index in [9.17, 15) is 4.79 Å². The Morgan fingerprint density at radius 2 is 1.75 bits per heavy atom. The highest BCUT2D eigenvalue weighted by Crippen LogP contribution is 2.31. The van der Waals surface area contributed by atoms with E-state index in [0.29, 0.717) is 35.1 Å². The SMILES string of the molecule is COc1cccc(CNC(=O)c2c(C)nn(-c3cccc(C)c3)c2-n2cccc2)c1OC. The van der Waals surface area contributed by atoms with Crippen LogP contribution < -0.4 is 14.8 Å². The number of amides is 1. The number of hydrogen-bond acceptors (Lipinski definition) is 4. The Balaban J connectivity index is 1.72. The largest absolute Gasteiger partial charge is 0.493 e. The zero-order chi connectivity index (χ0) is 22.7. The van der Waals surface area contributed by atoms with Crippen molar-refractivity contribution in [3.63, 3.8) is 0 Å². The average Bonchev–Trinajstić information content (AvgIpc) is 3.44. The molecule has 0 aliphatic rings. The fourth-order valence-corrected chi connectivity index (χ4v) is 3.79. The summed E-state index contributed by atoms with van der Waals surface area (Å²) in [4.78, 5) is 13.4. The van der Waals surface area contributed by atoms with E-state index in [1.807, 2.05) is 90.1 Å². The minimum absolute atomic E-state index is 0.213. The van der Waals surface area contributed by atoms with Gasteiger partial charge in [-0.2, -0.15) is 5.10 Å². The maximum Gasteiger partial charge on any atom is 0.257 e. The van der Waals surface area contributed by atoms with Crippen LogP contribution in [-0.4, -0.2) is 34.5 Å². The van der Waals surface area contributed by atoms with E-state index in [-0.39, 0.29) is 5.91 Å². The lowest BCUT2D eigenvalue weighted by Gasteiger charge is -2.14. The van der Waals surface area contributed by atoms with E-state index in [1.165, 1.54) is 0 Å². The lowest BCUT2D eigenvalue weighted by atomic mass is 10.1. The molecule has 2 aromatic heterocycles. The number of aromatic nitrogens is 3. The van der Waals surface area contributed by atoms with Crippen LogP contribution in [0.5, 0.6) is 11.5 Å². The fourth-order valence-electron chi connectivity index (χ4n) is 3.79. The van der Waals surface area contributed by atoms with Crippen LogP contribution in [0.3, 0.4) is 0 Å². The van der Waals surface area contributed by atoms with Crippen LogP contribution in [-0.2, 0) is 6.54 Å². The summed E-state index contributed by atoms with van der Waals surface area (Å²) in [5, 5.41) is 7.72. The zero-order valence-corrected chi connectivity index (χ0v) is 18.6. The van der Waals surface area contributed by atoms with Crippen LogP contribution in [0.2, 0.25) is 0 Å². The first-order chi connectivity index (χ1) is 15.5. The van der Waals surface area contributed by atoms with Crippen molar-refractivity contribution in [2.75, 3.05) is 14.2 Å². The molecular formula is C25H26N4O3. The molecule has 4 aromatic rings. The number of nitrogens with zero attached hydrogens (tertiary/aromatic N) is 3. The minimum Gasteiger partial charge on any atom is -0.493 e. The molecule has 0 unspecified atom stereocenters. The number of hydrogen-bond donors (Lipinski definition) is 1. The van der Waals surface area contributed by atoms with Gasteiger partial charge in [0.2, 0.25) is 0 Å². The molecule has 7 nitrogen and oxygen atoms in total. The first kappa shape index (κ1) is 21.2. The predicted octanol–water partition coefficient (Wildman–Crippen LogP) is 4.23. The van der Waals surface area contributed by atoms with Gasteiger partial charge in [-0.05, 0) is 49.7 Å². The first-order valence-corrected chi connectivity index (χ1v) is 10.3. The number of carbonyl (C=O) groups is 1. The minimum atomic E-state index is -0.213. The molecule has 2 heterocycles. The molecule has 1 N–H and O–H groups in total. The Morgan fingerprint density at radius 1 is 1.00 bits per heavy atom. The third-order valence-corrected chi connectivity index (χ3v) is 5.28. The predicted molar refractivity (Wildman–Crippen MR) is 123 cm³/mol. The van der Waals surface area contributed by atoms with Gasteiger partial charge in [-0.3, -0.25) is 4.79 Å². The smallest absolute Gasteiger partial charge is 0.257 e. The monoisotopic (exact) mass is 430 g/mol. The number of benzene rings is 2. The summed E-state index contributed by atoms with van der Waals surface area (Å²) in [5.41, 5.74) is 4.00. The average molecular weight is 431 g/mol. The maximum atomic E-state index is 13.4. The Morgan fingerprint density at radius 3 is 2.44 bits per heavy atom. The van der Waals surface area contributed by atoms with E-state index in [1.54, 1.807) is 14.2 Å². The van der Waals surface area contributed by atoms with E-state index in [2.05, 4.69) is 5.32 Å². The molecule has 2 aromatic carbocycles. The van der Waals surface area contributed by atoms with Crippen LogP contribution in [0, 0.1) is 13.8 Å². The first-order valence-electron chi connectivity index (χ1n) is 10.3.